The molecule has 1 aliphatic heterocycles. The van der Waals surface area contributed by atoms with E-state index in [4.69, 9.17) is 4.74 Å². The second-order valence-electron chi connectivity index (χ2n) is 7.23. The molecule has 2 atom stereocenters. The summed E-state index contributed by atoms with van der Waals surface area (Å²) in [7, 11) is 1.53. The lowest BCUT2D eigenvalue weighted by atomic mass is 9.84. The molecule has 0 aliphatic carbocycles. The third-order valence-corrected chi connectivity index (χ3v) is 5.43. The number of rotatable bonds is 6. The molecule has 158 valence electrons. The van der Waals surface area contributed by atoms with Gasteiger partial charge in [0.05, 0.1) is 12.6 Å². The molecular formula is C23H21N3O5. The largest absolute Gasteiger partial charge is 0.501 e. The zero-order valence-corrected chi connectivity index (χ0v) is 16.9. The number of fused-ring (bicyclic) bond motifs is 1. The summed E-state index contributed by atoms with van der Waals surface area (Å²) in [6.45, 7) is 0.742. The molecule has 1 aliphatic rings. The van der Waals surface area contributed by atoms with Crippen molar-refractivity contribution >= 4 is 5.91 Å². The minimum Gasteiger partial charge on any atom is -0.501 e. The maximum atomic E-state index is 13.1. The molecule has 0 spiro atoms. The molecule has 0 radical (unpaired) electrons. The Bertz CT molecular complexity index is 1090. The van der Waals surface area contributed by atoms with Crippen molar-refractivity contribution in [1.82, 2.24) is 14.5 Å². The van der Waals surface area contributed by atoms with E-state index in [1.807, 2.05) is 42.5 Å². The summed E-state index contributed by atoms with van der Waals surface area (Å²) >= 11 is 0. The van der Waals surface area contributed by atoms with Crippen LogP contribution in [0.15, 0.2) is 53.3 Å². The van der Waals surface area contributed by atoms with E-state index in [-0.39, 0.29) is 31.3 Å². The third kappa shape index (κ3) is 3.71. The molecule has 3 aromatic rings. The van der Waals surface area contributed by atoms with E-state index in [1.165, 1.54) is 16.6 Å². The van der Waals surface area contributed by atoms with E-state index in [0.717, 1.165) is 11.1 Å². The van der Waals surface area contributed by atoms with Crippen molar-refractivity contribution < 1.29 is 19.7 Å². The first-order chi connectivity index (χ1) is 15.0. The fourth-order valence-corrected chi connectivity index (χ4v) is 4.04. The fourth-order valence-electron chi connectivity index (χ4n) is 4.04. The van der Waals surface area contributed by atoms with Crippen LogP contribution in [0.4, 0.5) is 0 Å². The van der Waals surface area contributed by atoms with Crippen molar-refractivity contribution in [2.45, 2.75) is 12.0 Å². The first-order valence-corrected chi connectivity index (χ1v) is 9.78. The van der Waals surface area contributed by atoms with Gasteiger partial charge in [0.25, 0.3) is 11.9 Å². The van der Waals surface area contributed by atoms with Gasteiger partial charge in [0.2, 0.25) is 5.75 Å². The van der Waals surface area contributed by atoms with Gasteiger partial charge in [0, 0.05) is 31.7 Å². The summed E-state index contributed by atoms with van der Waals surface area (Å²) in [6.07, 6.45) is 0. The SMILES string of the molecule is COCCN1CC(C(c2c#cccc2)c2ccccc2)n2c(O)nc(=O)c(O)c2C1=O. The van der Waals surface area contributed by atoms with Gasteiger partial charge < -0.3 is 19.8 Å². The molecule has 2 unspecified atom stereocenters. The molecule has 8 nitrogen and oxygen atoms in total. The molecule has 2 N–H and O–H groups in total. The molecule has 1 aromatic heterocycles. The van der Waals surface area contributed by atoms with Crippen LogP contribution < -0.4 is 5.56 Å². The molecule has 4 rings (SSSR count). The normalized spacial score (nSPS) is 15.6. The molecule has 0 saturated carbocycles. The number of aromatic hydroxyl groups is 2. The van der Waals surface area contributed by atoms with E-state index >= 15 is 0 Å². The maximum absolute atomic E-state index is 13.1. The van der Waals surface area contributed by atoms with Gasteiger partial charge in [-0.15, -0.1) is 0 Å². The zero-order chi connectivity index (χ0) is 22.0. The third-order valence-electron chi connectivity index (χ3n) is 5.43. The molecule has 0 fully saturated rings. The van der Waals surface area contributed by atoms with Crippen molar-refractivity contribution in [2.24, 2.45) is 0 Å². The van der Waals surface area contributed by atoms with Crippen LogP contribution >= 0.6 is 0 Å². The Kier molecular flexibility index (Phi) is 5.60. The second kappa shape index (κ2) is 8.50. The summed E-state index contributed by atoms with van der Waals surface area (Å²) in [5.41, 5.74) is 0.349. The van der Waals surface area contributed by atoms with Crippen molar-refractivity contribution in [2.75, 3.05) is 26.8 Å². The van der Waals surface area contributed by atoms with E-state index < -0.39 is 29.3 Å². The topological polar surface area (TPSA) is 105 Å². The Balaban J connectivity index is 1.95. The molecular weight excluding hydrogens is 398 g/mol. The summed E-state index contributed by atoms with van der Waals surface area (Å²) in [5.74, 6) is -1.73. The number of nitrogens with zero attached hydrogens (tertiary/aromatic N) is 3. The average Bonchev–Trinajstić information content (AvgIpc) is 2.79. The van der Waals surface area contributed by atoms with Gasteiger partial charge in [-0.3, -0.25) is 14.2 Å². The lowest BCUT2D eigenvalue weighted by Gasteiger charge is -2.39. The summed E-state index contributed by atoms with van der Waals surface area (Å²) in [5, 5.41) is 21.0. The van der Waals surface area contributed by atoms with E-state index in [9.17, 15) is 19.8 Å². The number of carbonyl (C=O) groups excluding carboxylic acids is 1. The fraction of sp³-hybridized carbons (Fsp3) is 0.261. The van der Waals surface area contributed by atoms with Crippen molar-refractivity contribution in [3.8, 4) is 11.8 Å². The predicted octanol–water partition coefficient (Wildman–Crippen LogP) is 1.73. The molecule has 0 saturated heterocycles. The number of methoxy groups -OCH3 is 1. The minimum atomic E-state index is -1.06. The number of benzene rings is 1. The first-order valence-electron chi connectivity index (χ1n) is 9.78. The summed E-state index contributed by atoms with van der Waals surface area (Å²) < 4.78 is 6.38. The first kappa shape index (κ1) is 20.4. The van der Waals surface area contributed by atoms with E-state index in [2.05, 4.69) is 17.1 Å². The number of carbonyl (C=O) groups is 1. The lowest BCUT2D eigenvalue weighted by molar-refractivity contribution is 0.0568. The van der Waals surface area contributed by atoms with Crippen LogP contribution in [0.2, 0.25) is 0 Å². The second-order valence-corrected chi connectivity index (χ2v) is 7.23. The summed E-state index contributed by atoms with van der Waals surface area (Å²) in [6, 6.07) is 19.9. The summed E-state index contributed by atoms with van der Waals surface area (Å²) in [4.78, 5) is 30.2. The molecule has 0 bridgehead atoms. The van der Waals surface area contributed by atoms with Gasteiger partial charge in [0.1, 0.15) is 0 Å². The number of amides is 1. The average molecular weight is 419 g/mol. The van der Waals surface area contributed by atoms with Gasteiger partial charge in [-0.25, -0.2) is 0 Å². The highest BCUT2D eigenvalue weighted by Crippen LogP contribution is 2.41. The highest BCUT2D eigenvalue weighted by atomic mass is 16.5. The smallest absolute Gasteiger partial charge is 0.318 e. The minimum absolute atomic E-state index is 0.203. The van der Waals surface area contributed by atoms with Gasteiger partial charge >= 0.3 is 5.56 Å². The van der Waals surface area contributed by atoms with E-state index in [0.29, 0.717) is 0 Å². The van der Waals surface area contributed by atoms with Crippen LogP contribution in [0, 0.1) is 12.1 Å². The Morgan fingerprint density at radius 1 is 1.19 bits per heavy atom. The van der Waals surface area contributed by atoms with Gasteiger partial charge in [-0.2, -0.15) is 4.98 Å². The predicted molar refractivity (Wildman–Crippen MR) is 111 cm³/mol. The quantitative estimate of drug-likeness (QED) is 0.631. The number of aromatic nitrogens is 2. The Labute approximate surface area is 179 Å². The maximum Gasteiger partial charge on any atom is 0.318 e. The lowest BCUT2D eigenvalue weighted by Crippen LogP contribution is -2.47. The van der Waals surface area contributed by atoms with Crippen LogP contribution in [0.25, 0.3) is 0 Å². The Morgan fingerprint density at radius 3 is 2.65 bits per heavy atom. The molecule has 8 heteroatoms. The standard InChI is InChI=1S/C23H21N3O5/c1-31-13-12-25-14-17(26-19(22(25)29)20(27)21(28)24-23(26)30)18(15-8-4-2-5-9-15)16-10-6-3-7-11-16/h2-6,8-10,17-18,27H,12-14H2,1H3,(H,24,28,30). The Morgan fingerprint density at radius 2 is 1.97 bits per heavy atom. The highest BCUT2D eigenvalue weighted by Gasteiger charge is 2.40. The van der Waals surface area contributed by atoms with Gasteiger partial charge in [-0.1, -0.05) is 48.5 Å². The van der Waals surface area contributed by atoms with Crippen molar-refractivity contribution in [3.05, 3.63) is 87.8 Å². The van der Waals surface area contributed by atoms with Crippen molar-refractivity contribution in [1.29, 1.82) is 0 Å². The van der Waals surface area contributed by atoms with Crippen LogP contribution in [-0.4, -0.2) is 57.4 Å². The highest BCUT2D eigenvalue weighted by molar-refractivity contribution is 5.96. The van der Waals surface area contributed by atoms with Gasteiger partial charge in [-0.05, 0) is 17.7 Å². The number of hydrogen-bond donors (Lipinski definition) is 2. The van der Waals surface area contributed by atoms with Crippen LogP contribution in [0.1, 0.15) is 33.6 Å². The van der Waals surface area contributed by atoms with Crippen LogP contribution in [0.5, 0.6) is 11.8 Å². The number of hydrogen-bond acceptors (Lipinski definition) is 6. The molecule has 2 heterocycles. The van der Waals surface area contributed by atoms with Crippen molar-refractivity contribution in [3.63, 3.8) is 0 Å². The van der Waals surface area contributed by atoms with E-state index in [1.54, 1.807) is 6.07 Å². The Hall–Kier alpha value is -3.83. The molecule has 1 amide bonds. The monoisotopic (exact) mass is 419 g/mol. The van der Waals surface area contributed by atoms with Crippen LogP contribution in [0.3, 0.4) is 0 Å². The van der Waals surface area contributed by atoms with Crippen LogP contribution in [-0.2, 0) is 4.74 Å². The number of ether oxygens (including phenoxy) is 1. The molecule has 31 heavy (non-hydrogen) atoms. The zero-order valence-electron chi connectivity index (χ0n) is 16.9. The van der Waals surface area contributed by atoms with Gasteiger partial charge in [0.15, 0.2) is 5.69 Å². The molecule has 2 aromatic carbocycles.